The predicted octanol–water partition coefficient (Wildman–Crippen LogP) is 3.41. The quantitative estimate of drug-likeness (QED) is 0.861. The minimum Gasteiger partial charge on any atom is -0.465 e. The van der Waals surface area contributed by atoms with E-state index >= 15 is 0 Å². The topological polar surface area (TPSA) is 54.7 Å². The lowest BCUT2D eigenvalue weighted by Crippen LogP contribution is -2.43. The van der Waals surface area contributed by atoms with Gasteiger partial charge in [0.1, 0.15) is 11.5 Å². The minimum atomic E-state index is -4.49. The molecule has 0 spiro atoms. The summed E-state index contributed by atoms with van der Waals surface area (Å²) in [5, 5.41) is 2.73. The maximum atomic E-state index is 12.8. The van der Waals surface area contributed by atoms with Crippen LogP contribution in [0.4, 0.5) is 13.2 Å². The van der Waals surface area contributed by atoms with Crippen molar-refractivity contribution >= 4 is 5.91 Å². The highest BCUT2D eigenvalue weighted by molar-refractivity contribution is 5.94. The zero-order valence-electron chi connectivity index (χ0n) is 14.9. The van der Waals surface area contributed by atoms with Gasteiger partial charge in [-0.05, 0) is 37.3 Å². The van der Waals surface area contributed by atoms with E-state index in [9.17, 15) is 18.0 Å². The summed E-state index contributed by atoms with van der Waals surface area (Å²) < 4.78 is 49.6. The Labute approximate surface area is 155 Å². The van der Waals surface area contributed by atoms with Crippen LogP contribution in [0.3, 0.4) is 0 Å². The smallest absolute Gasteiger partial charge is 0.416 e. The Morgan fingerprint density at radius 1 is 1.22 bits per heavy atom. The molecule has 1 aliphatic rings. The van der Waals surface area contributed by atoms with Gasteiger partial charge in [-0.3, -0.25) is 9.69 Å². The number of furan rings is 1. The predicted molar refractivity (Wildman–Crippen MR) is 92.4 cm³/mol. The highest BCUT2D eigenvalue weighted by Crippen LogP contribution is 2.29. The molecule has 1 amide bonds. The second kappa shape index (κ2) is 8.14. The second-order valence-electron chi connectivity index (χ2n) is 6.40. The number of nitrogens with zero attached hydrogens (tertiary/aromatic N) is 1. The molecule has 3 rings (SSSR count). The van der Waals surface area contributed by atoms with Crippen LogP contribution in [0, 0.1) is 6.92 Å². The first-order chi connectivity index (χ1) is 12.8. The van der Waals surface area contributed by atoms with Gasteiger partial charge in [-0.2, -0.15) is 13.2 Å². The monoisotopic (exact) mass is 382 g/mol. The molecule has 1 fully saturated rings. The van der Waals surface area contributed by atoms with Crippen molar-refractivity contribution < 1.29 is 27.1 Å². The van der Waals surface area contributed by atoms with Crippen LogP contribution >= 0.6 is 0 Å². The lowest BCUT2D eigenvalue weighted by molar-refractivity contribution is -0.137. The van der Waals surface area contributed by atoms with Crippen molar-refractivity contribution in [3.8, 4) is 0 Å². The van der Waals surface area contributed by atoms with E-state index in [1.807, 2.05) is 19.1 Å². The van der Waals surface area contributed by atoms with Gasteiger partial charge in [-0.25, -0.2) is 0 Å². The van der Waals surface area contributed by atoms with Crippen LogP contribution < -0.4 is 5.32 Å². The van der Waals surface area contributed by atoms with Crippen molar-refractivity contribution in [2.45, 2.75) is 19.1 Å². The number of ether oxygens (including phenoxy) is 1. The molecule has 1 aliphatic heterocycles. The zero-order valence-corrected chi connectivity index (χ0v) is 14.9. The number of alkyl halides is 3. The first-order valence-electron chi connectivity index (χ1n) is 8.68. The summed E-state index contributed by atoms with van der Waals surface area (Å²) in [6.07, 6.45) is -4.49. The molecule has 8 heteroatoms. The number of halogens is 3. The molecule has 1 unspecified atom stereocenters. The zero-order chi connectivity index (χ0) is 19.4. The number of morpholine rings is 1. The minimum absolute atomic E-state index is 0.0267. The van der Waals surface area contributed by atoms with Crippen LogP contribution in [-0.2, 0) is 10.9 Å². The molecule has 1 atom stereocenters. The fourth-order valence-electron chi connectivity index (χ4n) is 3.06. The molecule has 0 aliphatic carbocycles. The number of hydrogen-bond acceptors (Lipinski definition) is 4. The highest BCUT2D eigenvalue weighted by atomic mass is 19.4. The van der Waals surface area contributed by atoms with Gasteiger partial charge in [0.25, 0.3) is 5.91 Å². The first-order valence-corrected chi connectivity index (χ1v) is 8.68. The Hall–Kier alpha value is -2.32. The number of hydrogen-bond donors (Lipinski definition) is 1. The molecule has 0 radical (unpaired) electrons. The van der Waals surface area contributed by atoms with Crippen molar-refractivity contribution in [1.82, 2.24) is 10.2 Å². The summed E-state index contributed by atoms with van der Waals surface area (Å²) >= 11 is 0. The molecule has 0 saturated carbocycles. The summed E-state index contributed by atoms with van der Waals surface area (Å²) in [6, 6.07) is 7.88. The van der Waals surface area contributed by atoms with Crippen molar-refractivity contribution in [3.05, 3.63) is 59.0 Å². The van der Waals surface area contributed by atoms with Gasteiger partial charge >= 0.3 is 6.18 Å². The van der Waals surface area contributed by atoms with Crippen molar-refractivity contribution in [2.24, 2.45) is 0 Å². The van der Waals surface area contributed by atoms with E-state index in [2.05, 4.69) is 10.2 Å². The summed E-state index contributed by atoms with van der Waals surface area (Å²) in [6.45, 7) is 4.59. The molecule has 1 saturated heterocycles. The number of benzene rings is 1. The fourth-order valence-corrected chi connectivity index (χ4v) is 3.06. The lowest BCUT2D eigenvalue weighted by atomic mass is 10.1. The van der Waals surface area contributed by atoms with Crippen LogP contribution in [0.25, 0.3) is 0 Å². The summed E-state index contributed by atoms with van der Waals surface area (Å²) in [4.78, 5) is 14.5. The largest absolute Gasteiger partial charge is 0.465 e. The Bertz CT molecular complexity index is 783. The van der Waals surface area contributed by atoms with Gasteiger partial charge in [-0.1, -0.05) is 6.07 Å². The molecular formula is C19H21F3N2O3. The maximum absolute atomic E-state index is 12.8. The standard InChI is InChI=1S/C19H21F3N2O3/c1-13-5-6-17(27-13)16(24-7-9-26-10-8-24)12-23-18(25)14-3-2-4-15(11-14)19(20,21)22/h2-6,11,16H,7-10,12H2,1H3,(H,23,25). The third-order valence-electron chi connectivity index (χ3n) is 4.48. The van der Waals surface area contributed by atoms with E-state index in [-0.39, 0.29) is 18.2 Å². The first kappa shape index (κ1) is 19.4. The number of carbonyl (C=O) groups excluding carboxylic acids is 1. The van der Waals surface area contributed by atoms with Gasteiger partial charge in [0.15, 0.2) is 0 Å². The van der Waals surface area contributed by atoms with Crippen LogP contribution in [-0.4, -0.2) is 43.7 Å². The average molecular weight is 382 g/mol. The molecular weight excluding hydrogens is 361 g/mol. The van der Waals surface area contributed by atoms with Crippen molar-refractivity contribution in [2.75, 3.05) is 32.8 Å². The lowest BCUT2D eigenvalue weighted by Gasteiger charge is -2.33. The van der Waals surface area contributed by atoms with E-state index in [0.717, 1.165) is 17.9 Å². The van der Waals surface area contributed by atoms with E-state index < -0.39 is 17.6 Å². The van der Waals surface area contributed by atoms with Crippen molar-refractivity contribution in [1.29, 1.82) is 0 Å². The number of rotatable bonds is 5. The Morgan fingerprint density at radius 2 is 1.96 bits per heavy atom. The molecule has 27 heavy (non-hydrogen) atoms. The highest BCUT2D eigenvalue weighted by Gasteiger charge is 2.31. The molecule has 146 valence electrons. The van der Waals surface area contributed by atoms with E-state index in [4.69, 9.17) is 9.15 Å². The molecule has 2 aromatic rings. The number of nitrogens with one attached hydrogen (secondary N) is 1. The van der Waals surface area contributed by atoms with E-state index in [1.54, 1.807) is 0 Å². The normalized spacial score (nSPS) is 16.9. The Kier molecular flexibility index (Phi) is 5.86. The Balaban J connectivity index is 1.72. The van der Waals surface area contributed by atoms with Gasteiger partial charge in [0, 0.05) is 25.2 Å². The second-order valence-corrected chi connectivity index (χ2v) is 6.40. The maximum Gasteiger partial charge on any atom is 0.416 e. The van der Waals surface area contributed by atoms with Crippen LogP contribution in [0.5, 0.6) is 0 Å². The van der Waals surface area contributed by atoms with Gasteiger partial charge in [-0.15, -0.1) is 0 Å². The fraction of sp³-hybridized carbons (Fsp3) is 0.421. The SMILES string of the molecule is Cc1ccc(C(CNC(=O)c2cccc(C(F)(F)F)c2)N2CCOCC2)o1. The molecule has 1 N–H and O–H groups in total. The summed E-state index contributed by atoms with van der Waals surface area (Å²) in [5.41, 5.74) is -0.872. The van der Waals surface area contributed by atoms with Gasteiger partial charge < -0.3 is 14.5 Å². The van der Waals surface area contributed by atoms with Gasteiger partial charge in [0.05, 0.1) is 24.8 Å². The van der Waals surface area contributed by atoms with Crippen LogP contribution in [0.2, 0.25) is 0 Å². The Morgan fingerprint density at radius 3 is 2.59 bits per heavy atom. The van der Waals surface area contributed by atoms with Crippen LogP contribution in [0.1, 0.15) is 33.5 Å². The summed E-state index contributed by atoms with van der Waals surface area (Å²) in [7, 11) is 0. The molecule has 2 heterocycles. The molecule has 1 aromatic heterocycles. The molecule has 0 bridgehead atoms. The number of carbonyl (C=O) groups is 1. The third kappa shape index (κ3) is 4.90. The van der Waals surface area contributed by atoms with Crippen molar-refractivity contribution in [3.63, 3.8) is 0 Å². The molecule has 1 aromatic carbocycles. The average Bonchev–Trinajstić information content (AvgIpc) is 3.08. The van der Waals surface area contributed by atoms with E-state index in [1.165, 1.54) is 12.1 Å². The third-order valence-corrected chi connectivity index (χ3v) is 4.48. The molecule has 5 nitrogen and oxygen atoms in total. The number of aryl methyl sites for hydroxylation is 1. The van der Waals surface area contributed by atoms with E-state index in [0.29, 0.717) is 32.1 Å². The number of amides is 1. The van der Waals surface area contributed by atoms with Gasteiger partial charge in [0.2, 0.25) is 0 Å². The summed E-state index contributed by atoms with van der Waals surface area (Å²) in [5.74, 6) is 0.911. The van der Waals surface area contributed by atoms with Crippen LogP contribution in [0.15, 0.2) is 40.8 Å².